The van der Waals surface area contributed by atoms with Crippen molar-refractivity contribution in [2.75, 3.05) is 32.8 Å². The highest BCUT2D eigenvalue weighted by Gasteiger charge is 2.50. The summed E-state index contributed by atoms with van der Waals surface area (Å²) in [6.45, 7) is 7.09. The van der Waals surface area contributed by atoms with Crippen molar-refractivity contribution < 1.29 is 14.7 Å². The fourth-order valence-corrected chi connectivity index (χ4v) is 7.08. The molecular weight excluding hydrogens is 298 g/mol. The smallest absolute Gasteiger partial charge is 0.126 e. The summed E-state index contributed by atoms with van der Waals surface area (Å²) in [5.41, 5.74) is 0.618. The highest BCUT2D eigenvalue weighted by Crippen LogP contribution is 2.61. The first-order valence-corrected chi connectivity index (χ1v) is 10.7. The summed E-state index contributed by atoms with van der Waals surface area (Å²) in [6, 6.07) is 0. The van der Waals surface area contributed by atoms with Crippen LogP contribution in [-0.2, 0) is 4.74 Å². The minimum atomic E-state index is -0.276. The van der Waals surface area contributed by atoms with E-state index in [4.69, 9.17) is 4.74 Å². The van der Waals surface area contributed by atoms with Gasteiger partial charge in [-0.15, -0.1) is 0 Å². The number of ether oxygens (including phenoxy) is 1. The van der Waals surface area contributed by atoms with E-state index in [1.807, 2.05) is 0 Å². The van der Waals surface area contributed by atoms with Crippen LogP contribution in [0.2, 0.25) is 0 Å². The molecule has 24 heavy (non-hydrogen) atoms. The van der Waals surface area contributed by atoms with Gasteiger partial charge in [0.2, 0.25) is 0 Å². The van der Waals surface area contributed by atoms with Crippen molar-refractivity contribution in [3.05, 3.63) is 0 Å². The zero-order valence-corrected chi connectivity index (χ0v) is 15.6. The Bertz CT molecular complexity index is 389. The largest absolute Gasteiger partial charge is 0.385 e. The summed E-state index contributed by atoms with van der Waals surface area (Å²) in [4.78, 5) is 1.57. The number of hydrogen-bond acceptors (Lipinski definition) is 2. The average molecular weight is 337 g/mol. The molecule has 1 unspecified atom stereocenters. The van der Waals surface area contributed by atoms with Gasteiger partial charge in [-0.3, -0.25) is 0 Å². The summed E-state index contributed by atoms with van der Waals surface area (Å²) in [7, 11) is 0. The molecule has 5 fully saturated rings. The molecule has 1 aliphatic heterocycles. The number of likely N-dealkylation sites (tertiary alicyclic amines) is 1. The Kier molecular flexibility index (Phi) is 5.22. The van der Waals surface area contributed by atoms with Gasteiger partial charge in [-0.25, -0.2) is 0 Å². The number of rotatable bonds is 7. The molecule has 0 spiro atoms. The van der Waals surface area contributed by atoms with E-state index in [1.165, 1.54) is 70.9 Å². The summed E-state index contributed by atoms with van der Waals surface area (Å²) in [6.07, 6.45) is 12.6. The summed E-state index contributed by atoms with van der Waals surface area (Å²) in [5.74, 6) is 3.92. The third kappa shape index (κ3) is 3.99. The van der Waals surface area contributed by atoms with Crippen molar-refractivity contribution >= 4 is 0 Å². The highest BCUT2D eigenvalue weighted by atomic mass is 16.5. The maximum atomic E-state index is 10.3. The first kappa shape index (κ1) is 17.3. The Morgan fingerprint density at radius 2 is 1.79 bits per heavy atom. The summed E-state index contributed by atoms with van der Waals surface area (Å²) in [5, 5.41) is 10.3. The van der Waals surface area contributed by atoms with E-state index < -0.39 is 0 Å². The lowest BCUT2D eigenvalue weighted by atomic mass is 9.49. The molecule has 1 heterocycles. The van der Waals surface area contributed by atoms with Crippen molar-refractivity contribution in [1.29, 1.82) is 0 Å². The van der Waals surface area contributed by atoms with E-state index in [2.05, 4.69) is 6.92 Å². The Hall–Kier alpha value is -0.120. The molecule has 2 N–H and O–H groups in total. The van der Waals surface area contributed by atoms with Gasteiger partial charge in [-0.2, -0.15) is 0 Å². The van der Waals surface area contributed by atoms with E-state index in [-0.39, 0.29) is 6.10 Å². The van der Waals surface area contributed by atoms with Crippen molar-refractivity contribution in [1.82, 2.24) is 0 Å². The Morgan fingerprint density at radius 3 is 2.42 bits per heavy atom. The number of aliphatic hydroxyl groups excluding tert-OH is 1. The van der Waals surface area contributed by atoms with Crippen LogP contribution in [0, 0.1) is 29.1 Å². The van der Waals surface area contributed by atoms with E-state index in [1.54, 1.807) is 4.90 Å². The van der Waals surface area contributed by atoms with Crippen LogP contribution in [0.3, 0.4) is 0 Å². The van der Waals surface area contributed by atoms with Crippen LogP contribution in [0.1, 0.15) is 64.7 Å². The van der Waals surface area contributed by atoms with Crippen molar-refractivity contribution in [3.8, 4) is 0 Å². The zero-order chi connectivity index (χ0) is 16.6. The predicted octanol–water partition coefficient (Wildman–Crippen LogP) is 2.29. The zero-order valence-electron chi connectivity index (χ0n) is 15.6. The standard InChI is InChI=1S/C21H37NO2/c1-16-3-2-5-22(13-16)14-20(23)15-24-6-4-21-10-17-7-18(11-21)9-19(8-17)12-21/h16-20,23H,2-15H2,1H3/p+1/t16-,17?,18?,19?,20-,21?/m0/s1. The van der Waals surface area contributed by atoms with Gasteiger partial charge in [-0.05, 0) is 81.0 Å². The first-order valence-electron chi connectivity index (χ1n) is 10.7. The van der Waals surface area contributed by atoms with E-state index >= 15 is 0 Å². The van der Waals surface area contributed by atoms with E-state index in [0.717, 1.165) is 36.8 Å². The number of nitrogens with one attached hydrogen (secondary N) is 1. The molecule has 4 bridgehead atoms. The minimum Gasteiger partial charge on any atom is -0.385 e. The molecule has 0 radical (unpaired) electrons. The third-order valence-electron chi connectivity index (χ3n) is 7.64. The number of hydrogen-bond donors (Lipinski definition) is 2. The van der Waals surface area contributed by atoms with Gasteiger partial charge in [0.05, 0.1) is 19.7 Å². The SMILES string of the molecule is C[C@H]1CCC[NH+](C[C@H](O)COCCC23CC4CC(CC(C4)C2)C3)C1. The minimum absolute atomic E-state index is 0.276. The fourth-order valence-electron chi connectivity index (χ4n) is 7.08. The normalized spacial score (nSPS) is 45.5. The average Bonchev–Trinajstić information content (AvgIpc) is 2.50. The molecule has 3 heteroatoms. The second-order valence-corrected chi connectivity index (χ2v) is 10.1. The molecule has 5 aliphatic rings. The molecule has 138 valence electrons. The monoisotopic (exact) mass is 336 g/mol. The lowest BCUT2D eigenvalue weighted by Crippen LogP contribution is -3.14. The third-order valence-corrected chi connectivity index (χ3v) is 7.64. The number of aliphatic hydroxyl groups is 1. The van der Waals surface area contributed by atoms with Gasteiger partial charge in [0.25, 0.3) is 0 Å². The van der Waals surface area contributed by atoms with Crippen LogP contribution >= 0.6 is 0 Å². The van der Waals surface area contributed by atoms with Crippen molar-refractivity contribution in [2.24, 2.45) is 29.1 Å². The summed E-state index contributed by atoms with van der Waals surface area (Å²) < 4.78 is 5.94. The molecule has 0 aromatic carbocycles. The van der Waals surface area contributed by atoms with Gasteiger partial charge in [-0.1, -0.05) is 6.92 Å². The summed E-state index contributed by atoms with van der Waals surface area (Å²) >= 11 is 0. The first-order chi connectivity index (χ1) is 11.6. The molecule has 0 aromatic rings. The van der Waals surface area contributed by atoms with Crippen LogP contribution in [0.5, 0.6) is 0 Å². The van der Waals surface area contributed by atoms with Gasteiger partial charge in [0, 0.05) is 12.5 Å². The molecule has 0 amide bonds. The maximum absolute atomic E-state index is 10.3. The topological polar surface area (TPSA) is 33.9 Å². The van der Waals surface area contributed by atoms with Crippen LogP contribution < -0.4 is 4.90 Å². The fraction of sp³-hybridized carbons (Fsp3) is 1.00. The van der Waals surface area contributed by atoms with Crippen molar-refractivity contribution in [3.63, 3.8) is 0 Å². The highest BCUT2D eigenvalue weighted by molar-refractivity contribution is 5.01. The lowest BCUT2D eigenvalue weighted by Gasteiger charge is -2.57. The van der Waals surface area contributed by atoms with Crippen molar-refractivity contribution in [2.45, 2.75) is 70.8 Å². The van der Waals surface area contributed by atoms with Gasteiger partial charge >= 0.3 is 0 Å². The lowest BCUT2D eigenvalue weighted by molar-refractivity contribution is -0.911. The van der Waals surface area contributed by atoms with Gasteiger partial charge in [0.15, 0.2) is 0 Å². The maximum Gasteiger partial charge on any atom is 0.126 e. The quantitative estimate of drug-likeness (QED) is 0.700. The van der Waals surface area contributed by atoms with Gasteiger partial charge in [0.1, 0.15) is 12.6 Å². The molecule has 4 aliphatic carbocycles. The second kappa shape index (κ2) is 7.25. The molecule has 1 saturated heterocycles. The van der Waals surface area contributed by atoms with Crippen LogP contribution in [0.4, 0.5) is 0 Å². The Balaban J connectivity index is 1.16. The van der Waals surface area contributed by atoms with E-state index in [9.17, 15) is 5.11 Å². The predicted molar refractivity (Wildman–Crippen MR) is 96.0 cm³/mol. The Labute approximate surface area is 148 Å². The van der Waals surface area contributed by atoms with Crippen LogP contribution in [-0.4, -0.2) is 44.1 Å². The molecule has 5 rings (SSSR count). The molecule has 3 nitrogen and oxygen atoms in total. The molecule has 0 aromatic heterocycles. The van der Waals surface area contributed by atoms with Crippen LogP contribution in [0.25, 0.3) is 0 Å². The molecule has 3 atom stereocenters. The van der Waals surface area contributed by atoms with E-state index in [0.29, 0.717) is 12.0 Å². The Morgan fingerprint density at radius 1 is 1.12 bits per heavy atom. The number of quaternary nitrogens is 1. The molecule has 4 saturated carbocycles. The van der Waals surface area contributed by atoms with Gasteiger partial charge < -0.3 is 14.7 Å². The van der Waals surface area contributed by atoms with Crippen LogP contribution in [0.15, 0.2) is 0 Å². The molecular formula is C21H38NO2+. The number of piperidine rings is 1. The second-order valence-electron chi connectivity index (χ2n) is 10.1.